The molecule has 0 aromatic heterocycles. The first kappa shape index (κ1) is 34.6. The van der Waals surface area contributed by atoms with E-state index in [1.54, 1.807) is 6.92 Å². The fourth-order valence-electron chi connectivity index (χ4n) is 5.65. The van der Waals surface area contributed by atoms with Gasteiger partial charge in [0.15, 0.2) is 0 Å². The highest BCUT2D eigenvalue weighted by Gasteiger charge is 2.44. The van der Waals surface area contributed by atoms with Crippen molar-refractivity contribution in [2.45, 2.75) is 121 Å². The average Bonchev–Trinajstić information content (AvgIpc) is 2.79. The monoisotopic (exact) mass is 496 g/mol. The molecule has 0 saturated carbocycles. The highest BCUT2D eigenvalue weighted by atomic mass is 16.1. The van der Waals surface area contributed by atoms with E-state index in [9.17, 15) is 4.79 Å². The number of hydrogen-bond donors (Lipinski definition) is 1. The Bertz CT molecular complexity index is 566. The molecule has 0 aromatic rings. The molecule has 0 aliphatic carbocycles. The number of carbonyl (C=O) groups is 1. The Hall–Kier alpha value is -0.450. The number of Topliss-reactive ketones (excluding diaryl/α,β-unsaturated/α-hetero) is 1. The predicted molar refractivity (Wildman–Crippen MR) is 156 cm³/mol. The molecule has 0 amide bonds. The molecule has 0 spiro atoms. The number of rotatable bonds is 9. The van der Waals surface area contributed by atoms with Crippen LogP contribution < -0.4 is 5.32 Å². The Balaban J connectivity index is 0.000000625. The summed E-state index contributed by atoms with van der Waals surface area (Å²) in [7, 11) is 0. The van der Waals surface area contributed by atoms with Gasteiger partial charge in [-0.25, -0.2) is 0 Å². The lowest BCUT2D eigenvalue weighted by Crippen LogP contribution is -2.61. The van der Waals surface area contributed by atoms with Crippen LogP contribution in [0.4, 0.5) is 0 Å². The smallest absolute Gasteiger partial charge is 0.137 e. The van der Waals surface area contributed by atoms with Crippen LogP contribution in [0.25, 0.3) is 0 Å². The van der Waals surface area contributed by atoms with Gasteiger partial charge in [0, 0.05) is 37.1 Å². The molecule has 0 aromatic carbocycles. The van der Waals surface area contributed by atoms with E-state index in [0.717, 1.165) is 43.9 Å². The Morgan fingerprint density at radius 3 is 1.74 bits per heavy atom. The Morgan fingerprint density at radius 2 is 1.34 bits per heavy atom. The normalized spacial score (nSPS) is 19.2. The molecule has 2 aliphatic rings. The lowest BCUT2D eigenvalue weighted by Gasteiger charge is -2.49. The van der Waals surface area contributed by atoms with Crippen molar-refractivity contribution in [1.82, 2.24) is 15.1 Å². The lowest BCUT2D eigenvalue weighted by atomic mass is 9.69. The largest absolute Gasteiger partial charge is 0.314 e. The molecule has 2 saturated heterocycles. The van der Waals surface area contributed by atoms with Gasteiger partial charge in [0.1, 0.15) is 5.78 Å². The van der Waals surface area contributed by atoms with E-state index in [-0.39, 0.29) is 16.7 Å². The van der Waals surface area contributed by atoms with E-state index in [1.165, 1.54) is 45.3 Å². The maximum absolute atomic E-state index is 11.7. The van der Waals surface area contributed by atoms with Crippen molar-refractivity contribution in [3.63, 3.8) is 0 Å². The molecule has 2 heterocycles. The first-order valence-corrected chi connectivity index (χ1v) is 14.8. The maximum atomic E-state index is 11.7. The highest BCUT2D eigenvalue weighted by Crippen LogP contribution is 2.40. The van der Waals surface area contributed by atoms with Crippen molar-refractivity contribution in [3.8, 4) is 0 Å². The summed E-state index contributed by atoms with van der Waals surface area (Å²) in [4.78, 5) is 16.8. The van der Waals surface area contributed by atoms with Gasteiger partial charge in [0.25, 0.3) is 0 Å². The van der Waals surface area contributed by atoms with Gasteiger partial charge < -0.3 is 10.2 Å². The molecular weight excluding hydrogens is 430 g/mol. The van der Waals surface area contributed by atoms with Crippen LogP contribution in [0.5, 0.6) is 0 Å². The van der Waals surface area contributed by atoms with Crippen molar-refractivity contribution < 1.29 is 4.79 Å². The second kappa shape index (κ2) is 15.7. The fourth-order valence-corrected chi connectivity index (χ4v) is 5.65. The number of nitrogens with one attached hydrogen (secondary N) is 1. The van der Waals surface area contributed by atoms with Crippen LogP contribution in [0, 0.1) is 28.6 Å². The van der Waals surface area contributed by atoms with Crippen LogP contribution >= 0.6 is 0 Å². The number of nitrogens with zero attached hydrogens (tertiary/aromatic N) is 2. The molecule has 0 bridgehead atoms. The van der Waals surface area contributed by atoms with E-state index in [2.05, 4.69) is 84.4 Å². The molecule has 210 valence electrons. The quantitative estimate of drug-likeness (QED) is 0.369. The second-order valence-corrected chi connectivity index (χ2v) is 13.4. The van der Waals surface area contributed by atoms with Gasteiger partial charge in [-0.2, -0.15) is 0 Å². The molecule has 2 aliphatic heterocycles. The topological polar surface area (TPSA) is 35.6 Å². The second-order valence-electron chi connectivity index (χ2n) is 13.4. The molecular formula is C31H65N3O. The summed E-state index contributed by atoms with van der Waals surface area (Å²) in [6.45, 7) is 36.6. The van der Waals surface area contributed by atoms with E-state index in [4.69, 9.17) is 0 Å². The van der Waals surface area contributed by atoms with Crippen molar-refractivity contribution >= 4 is 5.78 Å². The van der Waals surface area contributed by atoms with Gasteiger partial charge in [0.05, 0.1) is 0 Å². The van der Waals surface area contributed by atoms with Gasteiger partial charge in [-0.05, 0) is 89.3 Å². The fraction of sp³-hybridized carbons (Fsp3) is 0.968. The number of piperazine rings is 1. The molecule has 0 atom stereocenters. The third-order valence-corrected chi connectivity index (χ3v) is 8.97. The number of ketones is 1. The standard InChI is InChI=1S/C17H35N.C12H24N2O.C2H6/c1-14(2)7-10-18-11-8-16(9-12-18)17(5,6)13-15(3)4;1-10(15)11(2,3)12(4,5)14-8-6-13-7-9-14;1-2/h14-16H,7-13H2,1-6H3;13H,6-9H2,1-5H3;1-2H3. The predicted octanol–water partition coefficient (Wildman–Crippen LogP) is 7.13. The summed E-state index contributed by atoms with van der Waals surface area (Å²) in [5.74, 6) is 2.89. The number of hydrogen-bond acceptors (Lipinski definition) is 4. The first-order chi connectivity index (χ1) is 16.1. The molecule has 4 heteroatoms. The van der Waals surface area contributed by atoms with Crippen LogP contribution in [0.3, 0.4) is 0 Å². The summed E-state index contributed by atoms with van der Waals surface area (Å²) in [6, 6.07) is 0. The van der Waals surface area contributed by atoms with Crippen molar-refractivity contribution in [1.29, 1.82) is 0 Å². The zero-order chi connectivity index (χ0) is 27.4. The van der Waals surface area contributed by atoms with E-state index in [1.807, 2.05) is 13.8 Å². The summed E-state index contributed by atoms with van der Waals surface area (Å²) in [5, 5.41) is 3.34. The zero-order valence-electron chi connectivity index (χ0n) is 26.3. The Morgan fingerprint density at radius 1 is 0.857 bits per heavy atom. The van der Waals surface area contributed by atoms with Gasteiger partial charge in [-0.15, -0.1) is 0 Å². The summed E-state index contributed by atoms with van der Waals surface area (Å²) in [6.07, 6.45) is 5.57. The van der Waals surface area contributed by atoms with Gasteiger partial charge in [0.2, 0.25) is 0 Å². The number of likely N-dealkylation sites (tertiary alicyclic amines) is 1. The third-order valence-electron chi connectivity index (χ3n) is 8.97. The van der Waals surface area contributed by atoms with E-state index >= 15 is 0 Å². The average molecular weight is 496 g/mol. The van der Waals surface area contributed by atoms with Crippen LogP contribution in [0.15, 0.2) is 0 Å². The molecule has 4 nitrogen and oxygen atoms in total. The molecule has 2 rings (SSSR count). The molecule has 0 unspecified atom stereocenters. The van der Waals surface area contributed by atoms with Crippen LogP contribution in [-0.4, -0.2) is 66.9 Å². The summed E-state index contributed by atoms with van der Waals surface area (Å²) < 4.78 is 0. The lowest BCUT2D eigenvalue weighted by molar-refractivity contribution is -0.133. The first-order valence-electron chi connectivity index (χ1n) is 14.8. The van der Waals surface area contributed by atoms with Crippen molar-refractivity contribution in [3.05, 3.63) is 0 Å². The minimum absolute atomic E-state index is 0.0685. The summed E-state index contributed by atoms with van der Waals surface area (Å²) >= 11 is 0. The van der Waals surface area contributed by atoms with Gasteiger partial charge in [-0.1, -0.05) is 69.2 Å². The van der Waals surface area contributed by atoms with E-state index < -0.39 is 0 Å². The number of carbonyl (C=O) groups excluding carboxylic acids is 1. The number of piperidine rings is 1. The highest BCUT2D eigenvalue weighted by molar-refractivity contribution is 5.83. The zero-order valence-corrected chi connectivity index (χ0v) is 26.3. The minimum Gasteiger partial charge on any atom is -0.314 e. The Labute approximate surface area is 221 Å². The maximum Gasteiger partial charge on any atom is 0.137 e. The molecule has 35 heavy (non-hydrogen) atoms. The van der Waals surface area contributed by atoms with Crippen LogP contribution in [0.1, 0.15) is 116 Å². The van der Waals surface area contributed by atoms with Crippen molar-refractivity contribution in [2.75, 3.05) is 45.8 Å². The molecule has 2 fully saturated rings. The molecule has 0 radical (unpaired) electrons. The SMILES string of the molecule is CC.CC(=O)C(C)(C)C(C)(C)N1CCNCC1.CC(C)CCN1CCC(C(C)(C)CC(C)C)CC1. The van der Waals surface area contributed by atoms with Gasteiger partial charge in [-0.3, -0.25) is 9.69 Å². The molecule has 1 N–H and O–H groups in total. The summed E-state index contributed by atoms with van der Waals surface area (Å²) in [5.41, 5.74) is 0.184. The third kappa shape index (κ3) is 11.2. The van der Waals surface area contributed by atoms with Crippen LogP contribution in [0.2, 0.25) is 0 Å². The van der Waals surface area contributed by atoms with Crippen molar-refractivity contribution in [2.24, 2.45) is 28.6 Å². The van der Waals surface area contributed by atoms with Gasteiger partial charge >= 0.3 is 0 Å². The van der Waals surface area contributed by atoms with Crippen LogP contribution in [-0.2, 0) is 4.79 Å². The van der Waals surface area contributed by atoms with E-state index in [0.29, 0.717) is 5.41 Å². The Kier molecular flexibility index (Phi) is 15.5. The minimum atomic E-state index is -0.287.